The van der Waals surface area contributed by atoms with Crippen molar-refractivity contribution in [2.24, 2.45) is 13.0 Å². The third-order valence-electron chi connectivity index (χ3n) is 7.95. The largest absolute Gasteiger partial charge is 0.386 e. The SMILES string of the molecule is Cc1cnn(C)c1-c1cnc2c3cc(F)c(C(C)(C)O)c(F)c3n([C@H](c3ccccc3)C3CCOCC3)c2c1. The number of rotatable bonds is 5. The lowest BCUT2D eigenvalue weighted by atomic mass is 9.86. The quantitative estimate of drug-likeness (QED) is 0.285. The maximum absolute atomic E-state index is 16.6. The molecule has 202 valence electrons. The molecule has 8 heteroatoms. The van der Waals surface area contributed by atoms with E-state index in [1.807, 2.05) is 42.8 Å². The van der Waals surface area contributed by atoms with Gasteiger partial charge < -0.3 is 14.4 Å². The first-order chi connectivity index (χ1) is 18.7. The standard InChI is InChI=1S/C31H32F2N4O2/c1-18-16-35-36(4)28(18)21-14-24-27(34-17-21)22-15-23(32)25(31(2,3)38)26(33)30(22)37(24)29(19-8-6-5-7-9-19)20-10-12-39-13-11-20/h5-9,14-17,20,29,38H,10-13H2,1-4H3/t29-/m1/s1. The number of hydrogen-bond acceptors (Lipinski definition) is 4. The number of nitrogens with zero attached hydrogens (tertiary/aromatic N) is 4. The summed E-state index contributed by atoms with van der Waals surface area (Å²) in [6, 6.07) is 13.1. The molecular weight excluding hydrogens is 498 g/mol. The average Bonchev–Trinajstić information content (AvgIpc) is 3.41. The molecule has 0 radical (unpaired) electrons. The number of ether oxygens (including phenoxy) is 1. The molecule has 0 aliphatic carbocycles. The molecule has 1 aliphatic rings. The Hall–Kier alpha value is -3.62. The fourth-order valence-electron chi connectivity index (χ4n) is 6.24. The van der Waals surface area contributed by atoms with E-state index in [9.17, 15) is 5.11 Å². The molecule has 5 aromatic rings. The lowest BCUT2D eigenvalue weighted by Crippen LogP contribution is -2.27. The van der Waals surface area contributed by atoms with Crippen LogP contribution in [0.5, 0.6) is 0 Å². The fraction of sp³-hybridized carbons (Fsp3) is 0.355. The van der Waals surface area contributed by atoms with Crippen LogP contribution in [-0.4, -0.2) is 37.7 Å². The monoisotopic (exact) mass is 530 g/mol. The van der Waals surface area contributed by atoms with Gasteiger partial charge in [-0.05, 0) is 62.8 Å². The van der Waals surface area contributed by atoms with Crippen molar-refractivity contribution in [1.82, 2.24) is 19.3 Å². The van der Waals surface area contributed by atoms with Crippen LogP contribution < -0.4 is 0 Å². The minimum atomic E-state index is -1.71. The summed E-state index contributed by atoms with van der Waals surface area (Å²) in [5, 5.41) is 15.6. The molecule has 1 saturated heterocycles. The van der Waals surface area contributed by atoms with E-state index in [2.05, 4.69) is 17.2 Å². The summed E-state index contributed by atoms with van der Waals surface area (Å²) in [4.78, 5) is 4.78. The summed E-state index contributed by atoms with van der Waals surface area (Å²) in [6.45, 7) is 6.04. The van der Waals surface area contributed by atoms with Crippen molar-refractivity contribution in [1.29, 1.82) is 0 Å². The highest BCUT2D eigenvalue weighted by atomic mass is 19.1. The molecule has 1 aliphatic heterocycles. The number of aromatic nitrogens is 4. The number of fused-ring (bicyclic) bond motifs is 3. The highest BCUT2D eigenvalue weighted by Crippen LogP contribution is 2.44. The minimum Gasteiger partial charge on any atom is -0.386 e. The molecule has 4 heterocycles. The van der Waals surface area contributed by atoms with Gasteiger partial charge in [0.15, 0.2) is 5.82 Å². The Morgan fingerprint density at radius 1 is 1.08 bits per heavy atom. The summed E-state index contributed by atoms with van der Waals surface area (Å²) in [5.41, 5.74) is 3.17. The van der Waals surface area contributed by atoms with E-state index in [-0.39, 0.29) is 23.0 Å². The van der Waals surface area contributed by atoms with Crippen LogP contribution in [0.3, 0.4) is 0 Å². The topological polar surface area (TPSA) is 65.1 Å². The Morgan fingerprint density at radius 2 is 1.79 bits per heavy atom. The van der Waals surface area contributed by atoms with E-state index in [4.69, 9.17) is 9.72 Å². The zero-order chi connectivity index (χ0) is 27.5. The Bertz CT molecular complexity index is 1660. The van der Waals surface area contributed by atoms with Gasteiger partial charge >= 0.3 is 0 Å². The van der Waals surface area contributed by atoms with Gasteiger partial charge in [-0.2, -0.15) is 5.10 Å². The zero-order valence-corrected chi connectivity index (χ0v) is 22.6. The third kappa shape index (κ3) is 4.22. The predicted molar refractivity (Wildman–Crippen MR) is 147 cm³/mol. The second kappa shape index (κ2) is 9.54. The Labute approximate surface area is 225 Å². The van der Waals surface area contributed by atoms with Crippen LogP contribution in [0.4, 0.5) is 8.78 Å². The molecule has 1 N–H and O–H groups in total. The molecular formula is C31H32F2N4O2. The van der Waals surface area contributed by atoms with Crippen molar-refractivity contribution in [2.75, 3.05) is 13.2 Å². The maximum atomic E-state index is 16.6. The van der Waals surface area contributed by atoms with Crippen LogP contribution in [-0.2, 0) is 17.4 Å². The van der Waals surface area contributed by atoms with Gasteiger partial charge in [-0.3, -0.25) is 9.67 Å². The molecule has 6 rings (SSSR count). The molecule has 1 atom stereocenters. The molecule has 39 heavy (non-hydrogen) atoms. The van der Waals surface area contributed by atoms with Crippen molar-refractivity contribution in [2.45, 2.75) is 45.3 Å². The molecule has 0 bridgehead atoms. The molecule has 6 nitrogen and oxygen atoms in total. The number of pyridine rings is 1. The van der Waals surface area contributed by atoms with Crippen LogP contribution >= 0.6 is 0 Å². The van der Waals surface area contributed by atoms with Crippen LogP contribution in [0.2, 0.25) is 0 Å². The third-order valence-corrected chi connectivity index (χ3v) is 7.95. The summed E-state index contributed by atoms with van der Waals surface area (Å²) in [7, 11) is 1.88. The van der Waals surface area contributed by atoms with E-state index in [1.165, 1.54) is 19.9 Å². The summed E-state index contributed by atoms with van der Waals surface area (Å²) < 4.78 is 41.5. The van der Waals surface area contributed by atoms with Crippen molar-refractivity contribution in [3.63, 3.8) is 0 Å². The predicted octanol–water partition coefficient (Wildman–Crippen LogP) is 6.42. The summed E-state index contributed by atoms with van der Waals surface area (Å²) >= 11 is 0. The molecule has 0 unspecified atom stereocenters. The fourth-order valence-corrected chi connectivity index (χ4v) is 6.24. The highest BCUT2D eigenvalue weighted by molar-refractivity contribution is 6.07. The molecule has 0 spiro atoms. The van der Waals surface area contributed by atoms with Crippen molar-refractivity contribution >= 4 is 21.9 Å². The van der Waals surface area contributed by atoms with E-state index >= 15 is 8.78 Å². The van der Waals surface area contributed by atoms with Crippen molar-refractivity contribution < 1.29 is 18.6 Å². The first-order valence-corrected chi connectivity index (χ1v) is 13.3. The zero-order valence-electron chi connectivity index (χ0n) is 22.6. The van der Waals surface area contributed by atoms with Crippen LogP contribution in [0, 0.1) is 24.5 Å². The number of aryl methyl sites for hydroxylation is 2. The molecule has 3 aromatic heterocycles. The molecule has 2 aromatic carbocycles. The first kappa shape index (κ1) is 25.6. The number of halogens is 2. The summed E-state index contributed by atoms with van der Waals surface area (Å²) in [5.74, 6) is -1.40. The average molecular weight is 531 g/mol. The maximum Gasteiger partial charge on any atom is 0.156 e. The number of hydrogen-bond donors (Lipinski definition) is 1. The van der Waals surface area contributed by atoms with Crippen LogP contribution in [0.15, 0.2) is 54.9 Å². The lowest BCUT2D eigenvalue weighted by molar-refractivity contribution is 0.0551. The smallest absolute Gasteiger partial charge is 0.156 e. The van der Waals surface area contributed by atoms with Crippen molar-refractivity contribution in [3.8, 4) is 11.3 Å². The van der Waals surface area contributed by atoms with E-state index in [0.29, 0.717) is 29.6 Å². The Morgan fingerprint density at radius 3 is 2.44 bits per heavy atom. The Balaban J connectivity index is 1.75. The van der Waals surface area contributed by atoms with Gasteiger partial charge in [0.2, 0.25) is 0 Å². The highest BCUT2D eigenvalue weighted by Gasteiger charge is 2.35. The van der Waals surface area contributed by atoms with E-state index in [1.54, 1.807) is 17.1 Å². The molecule has 0 saturated carbocycles. The van der Waals surface area contributed by atoms with E-state index < -0.39 is 17.2 Å². The van der Waals surface area contributed by atoms with Crippen LogP contribution in [0.1, 0.15) is 49.4 Å². The second-order valence-electron chi connectivity index (χ2n) is 11.1. The first-order valence-electron chi connectivity index (χ1n) is 13.3. The van der Waals surface area contributed by atoms with Gasteiger partial charge in [0.25, 0.3) is 0 Å². The van der Waals surface area contributed by atoms with Gasteiger partial charge in [-0.15, -0.1) is 0 Å². The summed E-state index contributed by atoms with van der Waals surface area (Å²) in [6.07, 6.45) is 5.14. The van der Waals surface area contributed by atoms with Gasteiger partial charge in [0, 0.05) is 37.4 Å². The number of benzene rings is 2. The normalized spacial score (nSPS) is 15.9. The lowest BCUT2D eigenvalue weighted by Gasteiger charge is -2.33. The molecule has 0 amide bonds. The minimum absolute atomic E-state index is 0.150. The van der Waals surface area contributed by atoms with Gasteiger partial charge in [-0.1, -0.05) is 30.3 Å². The number of aliphatic hydroxyl groups is 1. The van der Waals surface area contributed by atoms with E-state index in [0.717, 1.165) is 35.2 Å². The Kier molecular flexibility index (Phi) is 6.27. The van der Waals surface area contributed by atoms with Gasteiger partial charge in [-0.25, -0.2) is 8.78 Å². The second-order valence-corrected chi connectivity index (χ2v) is 11.1. The van der Waals surface area contributed by atoms with Gasteiger partial charge in [0.1, 0.15) is 5.82 Å². The van der Waals surface area contributed by atoms with Gasteiger partial charge in [0.05, 0.1) is 45.6 Å². The van der Waals surface area contributed by atoms with Crippen molar-refractivity contribution in [3.05, 3.63) is 83.2 Å². The molecule has 1 fully saturated rings. The van der Waals surface area contributed by atoms with Crippen LogP contribution in [0.25, 0.3) is 33.2 Å².